The molecule has 2 aliphatic rings. The van der Waals surface area contributed by atoms with Gasteiger partial charge in [0.1, 0.15) is 17.7 Å². The predicted octanol–water partition coefficient (Wildman–Crippen LogP) is 1.42. The van der Waals surface area contributed by atoms with Gasteiger partial charge in [-0.2, -0.15) is 0 Å². The van der Waals surface area contributed by atoms with E-state index in [-0.39, 0.29) is 0 Å². The Balaban J connectivity index is 2.14. The Hall–Kier alpha value is -1.65. The zero-order chi connectivity index (χ0) is 9.60. The molecule has 0 unspecified atom stereocenters. The number of aromatic nitrogens is 2. The minimum atomic E-state index is -0.432. The van der Waals surface area contributed by atoms with Crippen molar-refractivity contribution in [2.24, 2.45) is 0 Å². The molecular formula is C9H9N3O2. The SMILES string of the molecule is O=C1Nc2ncncc2C2(CCC2)O1. The summed E-state index contributed by atoms with van der Waals surface area (Å²) in [6.07, 6.45) is 5.58. The maximum atomic E-state index is 11.2. The van der Waals surface area contributed by atoms with Crippen LogP contribution in [0.25, 0.3) is 0 Å². The number of fused-ring (bicyclic) bond motifs is 2. The van der Waals surface area contributed by atoms with Crippen LogP contribution in [0, 0.1) is 0 Å². The van der Waals surface area contributed by atoms with E-state index in [1.165, 1.54) is 6.33 Å². The first kappa shape index (κ1) is 7.73. The van der Waals surface area contributed by atoms with Gasteiger partial charge in [-0.3, -0.25) is 5.32 Å². The molecule has 1 fully saturated rings. The average Bonchev–Trinajstić information content (AvgIpc) is 2.14. The van der Waals surface area contributed by atoms with E-state index in [1.54, 1.807) is 6.20 Å². The lowest BCUT2D eigenvalue weighted by molar-refractivity contribution is -0.0510. The van der Waals surface area contributed by atoms with Gasteiger partial charge < -0.3 is 4.74 Å². The van der Waals surface area contributed by atoms with Gasteiger partial charge in [-0.15, -0.1) is 0 Å². The molecule has 1 spiro atoms. The van der Waals surface area contributed by atoms with Crippen LogP contribution in [0.1, 0.15) is 24.8 Å². The van der Waals surface area contributed by atoms with Crippen molar-refractivity contribution < 1.29 is 9.53 Å². The molecule has 1 aliphatic carbocycles. The van der Waals surface area contributed by atoms with Crippen molar-refractivity contribution in [2.75, 3.05) is 5.32 Å². The molecular weight excluding hydrogens is 182 g/mol. The second-order valence-electron chi connectivity index (χ2n) is 3.65. The first-order valence-electron chi connectivity index (χ1n) is 4.61. The van der Waals surface area contributed by atoms with Crippen molar-refractivity contribution in [2.45, 2.75) is 24.9 Å². The number of anilines is 1. The highest BCUT2D eigenvalue weighted by Crippen LogP contribution is 2.48. The van der Waals surface area contributed by atoms with Crippen LogP contribution in [0.15, 0.2) is 12.5 Å². The van der Waals surface area contributed by atoms with Crippen molar-refractivity contribution in [1.82, 2.24) is 9.97 Å². The van der Waals surface area contributed by atoms with Crippen LogP contribution in [0.4, 0.5) is 10.6 Å². The summed E-state index contributed by atoms with van der Waals surface area (Å²) in [6, 6.07) is 0. The van der Waals surface area contributed by atoms with E-state index in [0.717, 1.165) is 24.8 Å². The normalized spacial score (nSPS) is 21.9. The van der Waals surface area contributed by atoms with Gasteiger partial charge in [-0.1, -0.05) is 0 Å². The van der Waals surface area contributed by atoms with Gasteiger partial charge in [-0.05, 0) is 19.3 Å². The summed E-state index contributed by atoms with van der Waals surface area (Å²) >= 11 is 0. The van der Waals surface area contributed by atoms with Gasteiger partial charge >= 0.3 is 6.09 Å². The summed E-state index contributed by atoms with van der Waals surface area (Å²) in [4.78, 5) is 19.2. The zero-order valence-corrected chi connectivity index (χ0v) is 7.49. The Morgan fingerprint density at radius 2 is 2.36 bits per heavy atom. The van der Waals surface area contributed by atoms with E-state index in [4.69, 9.17) is 4.74 Å². The van der Waals surface area contributed by atoms with E-state index in [9.17, 15) is 4.79 Å². The monoisotopic (exact) mass is 191 g/mol. The molecule has 1 amide bonds. The van der Waals surface area contributed by atoms with E-state index >= 15 is 0 Å². The number of carbonyl (C=O) groups is 1. The largest absolute Gasteiger partial charge is 0.438 e. The quantitative estimate of drug-likeness (QED) is 0.673. The standard InChI is InChI=1S/C9H9N3O2/c13-8-12-7-6(4-10-5-11-7)9(14-8)2-1-3-9/h4-5H,1-3H2,(H,10,11,12,13). The van der Waals surface area contributed by atoms with Crippen LogP contribution in [0.2, 0.25) is 0 Å². The Bertz CT molecular complexity index is 401. The summed E-state index contributed by atoms with van der Waals surface area (Å²) in [6.45, 7) is 0. The Morgan fingerprint density at radius 3 is 3.07 bits per heavy atom. The summed E-state index contributed by atoms with van der Waals surface area (Å²) < 4.78 is 5.31. The first-order chi connectivity index (χ1) is 6.80. The van der Waals surface area contributed by atoms with Crippen LogP contribution in [-0.2, 0) is 10.3 Å². The zero-order valence-electron chi connectivity index (χ0n) is 7.49. The van der Waals surface area contributed by atoms with E-state index in [2.05, 4.69) is 15.3 Å². The maximum absolute atomic E-state index is 11.2. The molecule has 14 heavy (non-hydrogen) atoms. The third kappa shape index (κ3) is 0.865. The van der Waals surface area contributed by atoms with Crippen LogP contribution in [-0.4, -0.2) is 16.1 Å². The molecule has 1 saturated carbocycles. The number of nitrogens with zero attached hydrogens (tertiary/aromatic N) is 2. The van der Waals surface area contributed by atoms with E-state index in [0.29, 0.717) is 5.82 Å². The molecule has 5 heteroatoms. The maximum Gasteiger partial charge on any atom is 0.413 e. The van der Waals surface area contributed by atoms with E-state index < -0.39 is 11.7 Å². The molecule has 0 radical (unpaired) electrons. The molecule has 72 valence electrons. The molecule has 0 aromatic carbocycles. The fourth-order valence-electron chi connectivity index (χ4n) is 1.99. The molecule has 1 aromatic heterocycles. The van der Waals surface area contributed by atoms with Gasteiger partial charge in [0.2, 0.25) is 0 Å². The lowest BCUT2D eigenvalue weighted by atomic mass is 9.75. The number of carbonyl (C=O) groups excluding carboxylic acids is 1. The number of hydrogen-bond acceptors (Lipinski definition) is 4. The molecule has 0 atom stereocenters. The third-order valence-electron chi connectivity index (χ3n) is 2.87. The van der Waals surface area contributed by atoms with Crippen molar-refractivity contribution >= 4 is 11.9 Å². The summed E-state index contributed by atoms with van der Waals surface area (Å²) in [7, 11) is 0. The number of ether oxygens (including phenoxy) is 1. The van der Waals surface area contributed by atoms with Gasteiger partial charge in [0.25, 0.3) is 0 Å². The summed E-state index contributed by atoms with van der Waals surface area (Å²) in [5.41, 5.74) is 0.477. The van der Waals surface area contributed by atoms with E-state index in [1.807, 2.05) is 0 Å². The minimum absolute atomic E-state index is 0.407. The van der Waals surface area contributed by atoms with Crippen LogP contribution in [0.5, 0.6) is 0 Å². The second kappa shape index (κ2) is 2.43. The van der Waals surface area contributed by atoms with Crippen LogP contribution < -0.4 is 5.32 Å². The summed E-state index contributed by atoms with van der Waals surface area (Å²) in [5.74, 6) is 0.593. The predicted molar refractivity (Wildman–Crippen MR) is 47.7 cm³/mol. The highest BCUT2D eigenvalue weighted by Gasteiger charge is 2.47. The molecule has 1 aliphatic heterocycles. The van der Waals surface area contributed by atoms with Gasteiger partial charge in [0.05, 0.1) is 5.56 Å². The van der Waals surface area contributed by atoms with Crippen molar-refractivity contribution in [3.05, 3.63) is 18.1 Å². The second-order valence-corrected chi connectivity index (χ2v) is 3.65. The molecule has 1 N–H and O–H groups in total. The lowest BCUT2D eigenvalue weighted by Crippen LogP contribution is -2.44. The number of rotatable bonds is 0. The molecule has 1 aromatic rings. The number of amides is 1. The Kier molecular flexibility index (Phi) is 1.34. The summed E-state index contributed by atoms with van der Waals surface area (Å²) in [5, 5.41) is 2.57. The number of hydrogen-bond donors (Lipinski definition) is 1. The van der Waals surface area contributed by atoms with Crippen molar-refractivity contribution in [1.29, 1.82) is 0 Å². The topological polar surface area (TPSA) is 64.1 Å². The minimum Gasteiger partial charge on any atom is -0.438 e. The Morgan fingerprint density at radius 1 is 1.50 bits per heavy atom. The Labute approximate surface area is 80.5 Å². The fourth-order valence-corrected chi connectivity index (χ4v) is 1.99. The highest BCUT2D eigenvalue weighted by molar-refractivity contribution is 5.87. The average molecular weight is 191 g/mol. The molecule has 5 nitrogen and oxygen atoms in total. The van der Waals surface area contributed by atoms with Crippen LogP contribution in [0.3, 0.4) is 0 Å². The molecule has 3 rings (SSSR count). The first-order valence-corrected chi connectivity index (χ1v) is 4.61. The lowest BCUT2D eigenvalue weighted by Gasteiger charge is -2.43. The molecule has 0 bridgehead atoms. The fraction of sp³-hybridized carbons (Fsp3) is 0.444. The number of nitrogens with one attached hydrogen (secondary N) is 1. The van der Waals surface area contributed by atoms with Gasteiger partial charge in [0.15, 0.2) is 0 Å². The third-order valence-corrected chi connectivity index (χ3v) is 2.87. The molecule has 2 heterocycles. The van der Waals surface area contributed by atoms with Crippen molar-refractivity contribution in [3.8, 4) is 0 Å². The van der Waals surface area contributed by atoms with Crippen molar-refractivity contribution in [3.63, 3.8) is 0 Å². The highest BCUT2D eigenvalue weighted by atomic mass is 16.6. The van der Waals surface area contributed by atoms with Gasteiger partial charge in [-0.25, -0.2) is 14.8 Å². The van der Waals surface area contributed by atoms with Gasteiger partial charge in [0, 0.05) is 6.20 Å². The van der Waals surface area contributed by atoms with Crippen LogP contribution >= 0.6 is 0 Å². The smallest absolute Gasteiger partial charge is 0.413 e. The molecule has 0 saturated heterocycles.